The molecule has 1 aromatic heterocycles. The zero-order valence-corrected chi connectivity index (χ0v) is 11.2. The van der Waals surface area contributed by atoms with Crippen molar-refractivity contribution in [2.24, 2.45) is 0 Å². The van der Waals surface area contributed by atoms with Gasteiger partial charge >= 0.3 is 0 Å². The van der Waals surface area contributed by atoms with Crippen LogP contribution in [-0.4, -0.2) is 34.3 Å². The Balaban J connectivity index is 1.75. The Morgan fingerprint density at radius 1 is 1.30 bits per heavy atom. The first-order chi connectivity index (χ1) is 9.63. The minimum Gasteiger partial charge on any atom is -0.491 e. The van der Waals surface area contributed by atoms with Crippen molar-refractivity contribution in [1.29, 1.82) is 0 Å². The predicted octanol–water partition coefficient (Wildman–Crippen LogP) is 2.12. The summed E-state index contributed by atoms with van der Waals surface area (Å²) < 4.78 is 18.0. The molecule has 1 heterocycles. The van der Waals surface area contributed by atoms with Gasteiger partial charge < -0.3 is 15.2 Å². The SMILES string of the molecule is OC(CNc1cncc(Cl)n1)COc1ccc(F)cc1. The van der Waals surface area contributed by atoms with E-state index < -0.39 is 6.10 Å². The minimum atomic E-state index is -0.749. The summed E-state index contributed by atoms with van der Waals surface area (Å²) in [6, 6.07) is 5.58. The lowest BCUT2D eigenvalue weighted by Gasteiger charge is -2.13. The summed E-state index contributed by atoms with van der Waals surface area (Å²) in [7, 11) is 0. The first-order valence-corrected chi connectivity index (χ1v) is 6.29. The quantitative estimate of drug-likeness (QED) is 0.855. The maximum Gasteiger partial charge on any atom is 0.149 e. The van der Waals surface area contributed by atoms with Gasteiger partial charge in [0.05, 0.1) is 12.4 Å². The predicted molar refractivity (Wildman–Crippen MR) is 73.4 cm³/mol. The highest BCUT2D eigenvalue weighted by molar-refractivity contribution is 6.29. The number of benzene rings is 1. The second-order valence-electron chi connectivity index (χ2n) is 4.03. The highest BCUT2D eigenvalue weighted by atomic mass is 35.5. The summed E-state index contributed by atoms with van der Waals surface area (Å²) >= 11 is 5.68. The Labute approximate surface area is 120 Å². The van der Waals surface area contributed by atoms with Crippen molar-refractivity contribution < 1.29 is 14.2 Å². The van der Waals surface area contributed by atoms with Crippen molar-refractivity contribution in [3.8, 4) is 5.75 Å². The fraction of sp³-hybridized carbons (Fsp3) is 0.231. The number of aliphatic hydroxyl groups is 1. The average Bonchev–Trinajstić information content (AvgIpc) is 2.45. The zero-order chi connectivity index (χ0) is 14.4. The number of hydrogen-bond acceptors (Lipinski definition) is 5. The normalized spacial score (nSPS) is 11.9. The molecule has 1 unspecified atom stereocenters. The van der Waals surface area contributed by atoms with Crippen molar-refractivity contribution in [1.82, 2.24) is 9.97 Å². The number of rotatable bonds is 6. The standard InChI is InChI=1S/C13H13ClFN3O2/c14-12-6-16-7-13(18-12)17-5-10(19)8-20-11-3-1-9(15)2-4-11/h1-4,6-7,10,19H,5,8H2,(H,17,18). The van der Waals surface area contributed by atoms with E-state index in [1.165, 1.54) is 36.7 Å². The third-order valence-corrected chi connectivity index (χ3v) is 2.56. The second-order valence-corrected chi connectivity index (χ2v) is 4.41. The number of aromatic nitrogens is 2. The maximum absolute atomic E-state index is 12.7. The molecule has 0 radical (unpaired) electrons. The number of hydrogen-bond donors (Lipinski definition) is 2. The fourth-order valence-corrected chi connectivity index (χ4v) is 1.58. The Morgan fingerprint density at radius 3 is 2.75 bits per heavy atom. The monoisotopic (exact) mass is 297 g/mol. The molecule has 0 spiro atoms. The van der Waals surface area contributed by atoms with E-state index in [9.17, 15) is 9.50 Å². The Kier molecular flexibility index (Phi) is 5.09. The van der Waals surface area contributed by atoms with Gasteiger partial charge in [-0.25, -0.2) is 9.37 Å². The van der Waals surface area contributed by atoms with Crippen LogP contribution in [0.4, 0.5) is 10.2 Å². The minimum absolute atomic E-state index is 0.0760. The van der Waals surface area contributed by atoms with Crippen molar-refractivity contribution >= 4 is 17.4 Å². The van der Waals surface area contributed by atoms with Gasteiger partial charge in [0.25, 0.3) is 0 Å². The van der Waals surface area contributed by atoms with Gasteiger partial charge in [-0.2, -0.15) is 0 Å². The van der Waals surface area contributed by atoms with Crippen molar-refractivity contribution in [2.45, 2.75) is 6.10 Å². The van der Waals surface area contributed by atoms with Crippen LogP contribution in [0.3, 0.4) is 0 Å². The number of nitrogens with zero attached hydrogens (tertiary/aromatic N) is 2. The third kappa shape index (κ3) is 4.64. The Morgan fingerprint density at radius 2 is 2.05 bits per heavy atom. The van der Waals surface area contributed by atoms with Gasteiger partial charge in [-0.15, -0.1) is 0 Å². The van der Waals surface area contributed by atoms with E-state index >= 15 is 0 Å². The lowest BCUT2D eigenvalue weighted by Crippen LogP contribution is -2.26. The number of nitrogens with one attached hydrogen (secondary N) is 1. The first kappa shape index (κ1) is 14.5. The molecule has 7 heteroatoms. The second kappa shape index (κ2) is 7.02. The lowest BCUT2D eigenvalue weighted by molar-refractivity contribution is 0.117. The molecule has 106 valence electrons. The maximum atomic E-state index is 12.7. The molecule has 0 saturated carbocycles. The number of aliphatic hydroxyl groups excluding tert-OH is 1. The molecule has 1 aromatic carbocycles. The molecule has 0 aliphatic rings. The van der Waals surface area contributed by atoms with Gasteiger partial charge in [-0.3, -0.25) is 4.98 Å². The van der Waals surface area contributed by atoms with Crippen LogP contribution < -0.4 is 10.1 Å². The lowest BCUT2D eigenvalue weighted by atomic mass is 10.3. The molecule has 0 saturated heterocycles. The molecule has 0 bridgehead atoms. The molecule has 0 fully saturated rings. The van der Waals surface area contributed by atoms with Gasteiger partial charge in [0.1, 0.15) is 35.2 Å². The van der Waals surface area contributed by atoms with E-state index in [1.807, 2.05) is 0 Å². The van der Waals surface area contributed by atoms with Gasteiger partial charge in [0, 0.05) is 6.54 Å². The molecular weight excluding hydrogens is 285 g/mol. The van der Waals surface area contributed by atoms with Gasteiger partial charge in [-0.1, -0.05) is 11.6 Å². The molecule has 5 nitrogen and oxygen atoms in total. The molecular formula is C13H13ClFN3O2. The highest BCUT2D eigenvalue weighted by Gasteiger charge is 2.06. The van der Waals surface area contributed by atoms with E-state index in [0.717, 1.165) is 0 Å². The van der Waals surface area contributed by atoms with Crippen molar-refractivity contribution in [2.75, 3.05) is 18.5 Å². The summed E-state index contributed by atoms with van der Waals surface area (Å²) in [5, 5.41) is 12.9. The summed E-state index contributed by atoms with van der Waals surface area (Å²) in [5.41, 5.74) is 0. The Hall–Kier alpha value is -1.92. The molecule has 2 N–H and O–H groups in total. The summed E-state index contributed by atoms with van der Waals surface area (Å²) in [5.74, 6) is 0.630. The van der Waals surface area contributed by atoms with Crippen LogP contribution in [0, 0.1) is 5.82 Å². The molecule has 2 rings (SSSR count). The van der Waals surface area contributed by atoms with E-state index in [0.29, 0.717) is 11.6 Å². The van der Waals surface area contributed by atoms with Crippen LogP contribution in [0.2, 0.25) is 5.15 Å². The summed E-state index contributed by atoms with van der Waals surface area (Å²) in [4.78, 5) is 7.83. The summed E-state index contributed by atoms with van der Waals surface area (Å²) in [6.45, 7) is 0.308. The molecule has 2 aromatic rings. The number of anilines is 1. The molecule has 20 heavy (non-hydrogen) atoms. The van der Waals surface area contributed by atoms with Crippen LogP contribution >= 0.6 is 11.6 Å². The Bertz CT molecular complexity index is 554. The van der Waals surface area contributed by atoms with Gasteiger partial charge in [0.2, 0.25) is 0 Å². The summed E-state index contributed by atoms with van der Waals surface area (Å²) in [6.07, 6.45) is 2.17. The van der Waals surface area contributed by atoms with Crippen molar-refractivity contribution in [3.63, 3.8) is 0 Å². The molecule has 0 aliphatic heterocycles. The van der Waals surface area contributed by atoms with E-state index in [4.69, 9.17) is 16.3 Å². The van der Waals surface area contributed by atoms with E-state index in [2.05, 4.69) is 15.3 Å². The smallest absolute Gasteiger partial charge is 0.149 e. The van der Waals surface area contributed by atoms with Crippen LogP contribution in [0.25, 0.3) is 0 Å². The zero-order valence-electron chi connectivity index (χ0n) is 10.5. The van der Waals surface area contributed by atoms with Crippen LogP contribution in [0.15, 0.2) is 36.7 Å². The van der Waals surface area contributed by atoms with E-state index in [1.54, 1.807) is 0 Å². The van der Waals surface area contributed by atoms with E-state index in [-0.39, 0.29) is 24.1 Å². The van der Waals surface area contributed by atoms with Crippen molar-refractivity contribution in [3.05, 3.63) is 47.6 Å². The van der Waals surface area contributed by atoms with Gasteiger partial charge in [0.15, 0.2) is 0 Å². The third-order valence-electron chi connectivity index (χ3n) is 2.38. The molecule has 0 aliphatic carbocycles. The van der Waals surface area contributed by atoms with Crippen LogP contribution in [0.1, 0.15) is 0 Å². The average molecular weight is 298 g/mol. The largest absolute Gasteiger partial charge is 0.491 e. The highest BCUT2D eigenvalue weighted by Crippen LogP contribution is 2.11. The molecule has 1 atom stereocenters. The van der Waals surface area contributed by atoms with Gasteiger partial charge in [-0.05, 0) is 24.3 Å². The molecule has 0 amide bonds. The van der Waals surface area contributed by atoms with Crippen LogP contribution in [-0.2, 0) is 0 Å². The number of ether oxygens (including phenoxy) is 1. The topological polar surface area (TPSA) is 67.3 Å². The fourth-order valence-electron chi connectivity index (χ4n) is 1.43. The van der Waals surface area contributed by atoms with Crippen LogP contribution in [0.5, 0.6) is 5.75 Å². The number of halogens is 2. The first-order valence-electron chi connectivity index (χ1n) is 5.91.